The standard InChI is InChI=1S/C23H30N2O4S/c1-2-14-24-30(27,28)22-10-8-21(9-11-22)29-18-23(26)25-15-12-20(13-16-25)17-19-6-4-3-5-7-19/h3-11,20,24H,2,12-18H2,1H3. The third-order valence-corrected chi connectivity index (χ3v) is 6.85. The highest BCUT2D eigenvalue weighted by molar-refractivity contribution is 7.89. The summed E-state index contributed by atoms with van der Waals surface area (Å²) < 4.78 is 32.3. The first-order valence-corrected chi connectivity index (χ1v) is 12.0. The smallest absolute Gasteiger partial charge is 0.260 e. The fourth-order valence-electron chi connectivity index (χ4n) is 3.61. The highest BCUT2D eigenvalue weighted by Crippen LogP contribution is 2.22. The van der Waals surface area contributed by atoms with Gasteiger partial charge < -0.3 is 9.64 Å². The summed E-state index contributed by atoms with van der Waals surface area (Å²) in [6.45, 7) is 3.77. The van der Waals surface area contributed by atoms with E-state index in [-0.39, 0.29) is 17.4 Å². The Hall–Kier alpha value is -2.38. The Balaban J connectivity index is 1.43. The van der Waals surface area contributed by atoms with E-state index >= 15 is 0 Å². The monoisotopic (exact) mass is 430 g/mol. The predicted molar refractivity (Wildman–Crippen MR) is 117 cm³/mol. The zero-order valence-electron chi connectivity index (χ0n) is 17.4. The number of rotatable bonds is 9. The van der Waals surface area contributed by atoms with Crippen molar-refractivity contribution in [3.05, 3.63) is 60.2 Å². The van der Waals surface area contributed by atoms with Crippen LogP contribution in [0.25, 0.3) is 0 Å². The second-order valence-electron chi connectivity index (χ2n) is 7.67. The lowest BCUT2D eigenvalue weighted by Crippen LogP contribution is -2.41. The van der Waals surface area contributed by atoms with Gasteiger partial charge in [0.25, 0.3) is 5.91 Å². The van der Waals surface area contributed by atoms with E-state index in [4.69, 9.17) is 4.74 Å². The minimum Gasteiger partial charge on any atom is -0.484 e. The molecule has 3 rings (SSSR count). The Morgan fingerprint density at radius 1 is 1.07 bits per heavy atom. The van der Waals surface area contributed by atoms with Gasteiger partial charge in [-0.1, -0.05) is 37.3 Å². The largest absolute Gasteiger partial charge is 0.484 e. The summed E-state index contributed by atoms with van der Waals surface area (Å²) in [7, 11) is -3.50. The Bertz CT molecular complexity index is 906. The van der Waals surface area contributed by atoms with Crippen LogP contribution >= 0.6 is 0 Å². The van der Waals surface area contributed by atoms with Gasteiger partial charge in [-0.05, 0) is 61.4 Å². The zero-order valence-corrected chi connectivity index (χ0v) is 18.2. The molecule has 0 bridgehead atoms. The first kappa shape index (κ1) is 22.3. The highest BCUT2D eigenvalue weighted by Gasteiger charge is 2.23. The molecule has 0 saturated carbocycles. The maximum absolute atomic E-state index is 12.5. The lowest BCUT2D eigenvalue weighted by Gasteiger charge is -2.32. The quantitative estimate of drug-likeness (QED) is 0.663. The van der Waals surface area contributed by atoms with Gasteiger partial charge in [-0.25, -0.2) is 13.1 Å². The number of piperidine rings is 1. The van der Waals surface area contributed by atoms with Crippen LogP contribution in [0.3, 0.4) is 0 Å². The number of carbonyl (C=O) groups is 1. The zero-order chi connectivity index (χ0) is 21.4. The Kier molecular flexibility index (Phi) is 7.87. The molecule has 1 amide bonds. The van der Waals surface area contributed by atoms with Gasteiger partial charge in [-0.2, -0.15) is 0 Å². The number of nitrogens with one attached hydrogen (secondary N) is 1. The fourth-order valence-corrected chi connectivity index (χ4v) is 4.74. The van der Waals surface area contributed by atoms with Crippen LogP contribution in [0.2, 0.25) is 0 Å². The van der Waals surface area contributed by atoms with Crippen molar-refractivity contribution in [2.45, 2.75) is 37.5 Å². The molecular weight excluding hydrogens is 400 g/mol. The number of nitrogens with zero attached hydrogens (tertiary/aromatic N) is 1. The van der Waals surface area contributed by atoms with Crippen molar-refractivity contribution < 1.29 is 17.9 Å². The molecule has 1 heterocycles. The van der Waals surface area contributed by atoms with Crippen LogP contribution < -0.4 is 9.46 Å². The molecule has 6 nitrogen and oxygen atoms in total. The number of hydrogen-bond donors (Lipinski definition) is 1. The molecule has 0 aromatic heterocycles. The summed E-state index contributed by atoms with van der Waals surface area (Å²) >= 11 is 0. The van der Waals surface area contributed by atoms with Gasteiger partial charge in [-0.3, -0.25) is 4.79 Å². The third-order valence-electron chi connectivity index (χ3n) is 5.37. The second-order valence-corrected chi connectivity index (χ2v) is 9.44. The van der Waals surface area contributed by atoms with Gasteiger partial charge in [0.05, 0.1) is 4.90 Å². The van der Waals surface area contributed by atoms with E-state index in [1.165, 1.54) is 17.7 Å². The summed E-state index contributed by atoms with van der Waals surface area (Å²) in [6, 6.07) is 16.6. The lowest BCUT2D eigenvalue weighted by molar-refractivity contribution is -0.134. The summed E-state index contributed by atoms with van der Waals surface area (Å²) in [5.41, 5.74) is 1.35. The molecule has 0 atom stereocenters. The first-order valence-electron chi connectivity index (χ1n) is 10.5. The van der Waals surface area contributed by atoms with E-state index < -0.39 is 10.0 Å². The van der Waals surface area contributed by atoms with Crippen molar-refractivity contribution in [2.24, 2.45) is 5.92 Å². The maximum atomic E-state index is 12.5. The first-order chi connectivity index (χ1) is 14.5. The molecule has 1 N–H and O–H groups in total. The van der Waals surface area contributed by atoms with E-state index in [0.29, 0.717) is 18.2 Å². The van der Waals surface area contributed by atoms with Crippen LogP contribution in [0.4, 0.5) is 0 Å². The summed E-state index contributed by atoms with van der Waals surface area (Å²) in [6.07, 6.45) is 3.78. The molecule has 162 valence electrons. The predicted octanol–water partition coefficient (Wildman–Crippen LogP) is 3.24. The molecule has 0 unspecified atom stereocenters. The molecule has 7 heteroatoms. The molecule has 1 aliphatic heterocycles. The van der Waals surface area contributed by atoms with Crippen LogP contribution in [-0.4, -0.2) is 45.5 Å². The van der Waals surface area contributed by atoms with Crippen LogP contribution in [0.15, 0.2) is 59.5 Å². The minimum absolute atomic E-state index is 0.0329. The number of benzene rings is 2. The number of carbonyl (C=O) groups excluding carboxylic acids is 1. The van der Waals surface area contributed by atoms with Crippen LogP contribution in [-0.2, 0) is 21.2 Å². The molecule has 2 aromatic rings. The van der Waals surface area contributed by atoms with Crippen LogP contribution in [0, 0.1) is 5.92 Å². The molecule has 1 aliphatic rings. The summed E-state index contributed by atoms with van der Waals surface area (Å²) in [5, 5.41) is 0. The molecule has 1 saturated heterocycles. The van der Waals surface area contributed by atoms with E-state index in [2.05, 4.69) is 29.0 Å². The molecular formula is C23H30N2O4S. The van der Waals surface area contributed by atoms with Crippen molar-refractivity contribution in [3.63, 3.8) is 0 Å². The van der Waals surface area contributed by atoms with Crippen LogP contribution in [0.1, 0.15) is 31.7 Å². The van der Waals surface area contributed by atoms with Crippen molar-refractivity contribution in [3.8, 4) is 5.75 Å². The van der Waals surface area contributed by atoms with Gasteiger partial charge in [0.1, 0.15) is 5.75 Å². The number of hydrogen-bond acceptors (Lipinski definition) is 4. The fraction of sp³-hybridized carbons (Fsp3) is 0.435. The van der Waals surface area contributed by atoms with E-state index in [9.17, 15) is 13.2 Å². The van der Waals surface area contributed by atoms with E-state index in [1.54, 1.807) is 12.1 Å². The Labute approximate surface area is 179 Å². The molecule has 1 fully saturated rings. The second kappa shape index (κ2) is 10.6. The maximum Gasteiger partial charge on any atom is 0.260 e. The number of ether oxygens (including phenoxy) is 1. The number of likely N-dealkylation sites (tertiary alicyclic amines) is 1. The molecule has 2 aromatic carbocycles. The topological polar surface area (TPSA) is 75.7 Å². The summed E-state index contributed by atoms with van der Waals surface area (Å²) in [5.74, 6) is 1.06. The van der Waals surface area contributed by atoms with Gasteiger partial charge in [0, 0.05) is 19.6 Å². The Morgan fingerprint density at radius 2 is 1.73 bits per heavy atom. The van der Waals surface area contributed by atoms with Crippen molar-refractivity contribution in [1.29, 1.82) is 0 Å². The van der Waals surface area contributed by atoms with Gasteiger partial charge >= 0.3 is 0 Å². The molecule has 30 heavy (non-hydrogen) atoms. The van der Waals surface area contributed by atoms with Crippen molar-refractivity contribution in [2.75, 3.05) is 26.2 Å². The highest BCUT2D eigenvalue weighted by atomic mass is 32.2. The lowest BCUT2D eigenvalue weighted by atomic mass is 9.90. The molecule has 0 aliphatic carbocycles. The van der Waals surface area contributed by atoms with Crippen molar-refractivity contribution >= 4 is 15.9 Å². The van der Waals surface area contributed by atoms with E-state index in [1.807, 2.05) is 17.9 Å². The normalized spacial score (nSPS) is 15.2. The average Bonchev–Trinajstić information content (AvgIpc) is 2.77. The van der Waals surface area contributed by atoms with Gasteiger partial charge in [0.2, 0.25) is 10.0 Å². The Morgan fingerprint density at radius 3 is 2.37 bits per heavy atom. The molecule has 0 radical (unpaired) electrons. The average molecular weight is 431 g/mol. The number of sulfonamides is 1. The van der Waals surface area contributed by atoms with Gasteiger partial charge in [0.15, 0.2) is 6.61 Å². The van der Waals surface area contributed by atoms with Gasteiger partial charge in [-0.15, -0.1) is 0 Å². The third kappa shape index (κ3) is 6.31. The SMILES string of the molecule is CCCNS(=O)(=O)c1ccc(OCC(=O)N2CCC(Cc3ccccc3)CC2)cc1. The number of amides is 1. The van der Waals surface area contributed by atoms with E-state index in [0.717, 1.165) is 38.8 Å². The molecule has 0 spiro atoms. The van der Waals surface area contributed by atoms with Crippen molar-refractivity contribution in [1.82, 2.24) is 9.62 Å². The minimum atomic E-state index is -3.50. The van der Waals surface area contributed by atoms with Crippen LogP contribution in [0.5, 0.6) is 5.75 Å². The summed E-state index contributed by atoms with van der Waals surface area (Å²) in [4.78, 5) is 14.5.